The number of hydrogen-bond acceptors (Lipinski definition) is 6. The molecule has 118 valence electrons. The molecule has 0 saturated heterocycles. The molecule has 0 fully saturated rings. The van der Waals surface area contributed by atoms with Crippen LogP contribution in [0.5, 0.6) is 0 Å². The molecule has 6 nitrogen and oxygen atoms in total. The zero-order valence-electron chi connectivity index (χ0n) is 13.5. The van der Waals surface area contributed by atoms with Crippen LogP contribution < -0.4 is 10.6 Å². The molecule has 2 N–H and O–H groups in total. The summed E-state index contributed by atoms with van der Waals surface area (Å²) in [5.41, 5.74) is 1.90. The van der Waals surface area contributed by atoms with Crippen LogP contribution in [0.1, 0.15) is 17.8 Å². The monoisotopic (exact) mass is 300 g/mol. The first-order chi connectivity index (χ1) is 10.6. The van der Waals surface area contributed by atoms with E-state index in [1.165, 1.54) is 0 Å². The Morgan fingerprint density at radius 3 is 2.73 bits per heavy atom. The molecule has 0 aromatic carbocycles. The molecule has 0 aliphatic carbocycles. The van der Waals surface area contributed by atoms with Gasteiger partial charge in [-0.2, -0.15) is 4.98 Å². The Balaban J connectivity index is 1.89. The van der Waals surface area contributed by atoms with Crippen molar-refractivity contribution < 1.29 is 0 Å². The highest BCUT2D eigenvalue weighted by molar-refractivity contribution is 5.42. The molecule has 2 heterocycles. The van der Waals surface area contributed by atoms with E-state index in [2.05, 4.69) is 44.6 Å². The molecule has 0 bridgehead atoms. The smallest absolute Gasteiger partial charge is 0.225 e. The van der Waals surface area contributed by atoms with Gasteiger partial charge in [0.2, 0.25) is 5.95 Å². The lowest BCUT2D eigenvalue weighted by atomic mass is 10.3. The maximum atomic E-state index is 4.49. The van der Waals surface area contributed by atoms with Gasteiger partial charge in [0.25, 0.3) is 0 Å². The molecule has 2 rings (SSSR count). The van der Waals surface area contributed by atoms with Crippen LogP contribution in [0.2, 0.25) is 0 Å². The van der Waals surface area contributed by atoms with Gasteiger partial charge in [-0.25, -0.2) is 4.98 Å². The number of aryl methyl sites for hydroxylation is 1. The van der Waals surface area contributed by atoms with Crippen LogP contribution in [-0.2, 0) is 6.54 Å². The Morgan fingerprint density at radius 2 is 2.00 bits per heavy atom. The number of aromatic nitrogens is 3. The standard InChI is InChI=1S/C16H24N6/c1-13-11-15(18-9-6-10-22(2)3)21-16(20-13)19-12-14-7-4-5-8-17-14/h4-5,7-8,11H,6,9-10,12H2,1-3H3,(H2,18,19,20,21). The molecule has 0 aliphatic heterocycles. The largest absolute Gasteiger partial charge is 0.370 e. The molecule has 0 saturated carbocycles. The maximum absolute atomic E-state index is 4.49. The van der Waals surface area contributed by atoms with Gasteiger partial charge in [0.1, 0.15) is 5.82 Å². The second kappa shape index (κ2) is 8.29. The normalized spacial score (nSPS) is 10.7. The van der Waals surface area contributed by atoms with Crippen molar-refractivity contribution in [3.63, 3.8) is 0 Å². The molecule has 0 aliphatic rings. The van der Waals surface area contributed by atoms with Crippen molar-refractivity contribution in [2.24, 2.45) is 0 Å². The Morgan fingerprint density at radius 1 is 1.14 bits per heavy atom. The lowest BCUT2D eigenvalue weighted by Gasteiger charge is -2.11. The summed E-state index contributed by atoms with van der Waals surface area (Å²) in [6.45, 7) is 4.54. The zero-order valence-corrected chi connectivity index (χ0v) is 13.5. The molecule has 0 amide bonds. The van der Waals surface area contributed by atoms with E-state index in [4.69, 9.17) is 0 Å². The Kier molecular flexibility index (Phi) is 6.09. The van der Waals surface area contributed by atoms with Gasteiger partial charge in [0.15, 0.2) is 0 Å². The lowest BCUT2D eigenvalue weighted by molar-refractivity contribution is 0.405. The topological polar surface area (TPSA) is 66.0 Å². The first-order valence-electron chi connectivity index (χ1n) is 7.51. The summed E-state index contributed by atoms with van der Waals surface area (Å²) in [4.78, 5) is 15.3. The van der Waals surface area contributed by atoms with E-state index in [1.54, 1.807) is 6.20 Å². The van der Waals surface area contributed by atoms with Gasteiger partial charge in [-0.1, -0.05) is 6.07 Å². The summed E-state index contributed by atoms with van der Waals surface area (Å²) in [5, 5.41) is 6.56. The molecule has 0 spiro atoms. The molecular weight excluding hydrogens is 276 g/mol. The van der Waals surface area contributed by atoms with Crippen molar-refractivity contribution in [1.82, 2.24) is 19.9 Å². The first-order valence-corrected chi connectivity index (χ1v) is 7.51. The van der Waals surface area contributed by atoms with Crippen LogP contribution in [0, 0.1) is 6.92 Å². The average Bonchev–Trinajstić information content (AvgIpc) is 2.50. The molecule has 2 aromatic rings. The SMILES string of the molecule is Cc1cc(NCCCN(C)C)nc(NCc2ccccn2)n1. The third-order valence-electron chi connectivity index (χ3n) is 3.10. The molecule has 2 aromatic heterocycles. The van der Waals surface area contributed by atoms with E-state index in [0.717, 1.165) is 36.7 Å². The Hall–Kier alpha value is -2.21. The number of anilines is 2. The van der Waals surface area contributed by atoms with E-state index >= 15 is 0 Å². The van der Waals surface area contributed by atoms with Gasteiger partial charge in [0.05, 0.1) is 12.2 Å². The van der Waals surface area contributed by atoms with E-state index < -0.39 is 0 Å². The fraction of sp³-hybridized carbons (Fsp3) is 0.438. The van der Waals surface area contributed by atoms with E-state index in [0.29, 0.717) is 12.5 Å². The van der Waals surface area contributed by atoms with Gasteiger partial charge in [-0.05, 0) is 46.1 Å². The third kappa shape index (κ3) is 5.65. The molecule has 0 unspecified atom stereocenters. The van der Waals surface area contributed by atoms with Crippen LogP contribution in [0.25, 0.3) is 0 Å². The number of hydrogen-bond donors (Lipinski definition) is 2. The van der Waals surface area contributed by atoms with E-state index in [1.807, 2.05) is 31.2 Å². The van der Waals surface area contributed by atoms with Crippen molar-refractivity contribution in [3.05, 3.63) is 41.9 Å². The summed E-state index contributed by atoms with van der Waals surface area (Å²) in [7, 11) is 4.16. The minimum atomic E-state index is 0.615. The van der Waals surface area contributed by atoms with Crippen LogP contribution in [-0.4, -0.2) is 47.0 Å². The fourth-order valence-electron chi connectivity index (χ4n) is 2.02. The van der Waals surface area contributed by atoms with Gasteiger partial charge in [-0.3, -0.25) is 4.98 Å². The van der Waals surface area contributed by atoms with Crippen molar-refractivity contribution in [1.29, 1.82) is 0 Å². The van der Waals surface area contributed by atoms with Gasteiger partial charge in [0, 0.05) is 24.5 Å². The number of pyridine rings is 1. The summed E-state index contributed by atoms with van der Waals surface area (Å²) in [6.07, 6.45) is 2.86. The highest BCUT2D eigenvalue weighted by atomic mass is 15.1. The molecule has 0 radical (unpaired) electrons. The predicted octanol–water partition coefficient (Wildman–Crippen LogP) is 2.16. The minimum absolute atomic E-state index is 0.615. The Labute approximate surface area is 132 Å². The second-order valence-corrected chi connectivity index (χ2v) is 5.48. The van der Waals surface area contributed by atoms with Crippen LogP contribution in [0.4, 0.5) is 11.8 Å². The highest BCUT2D eigenvalue weighted by Crippen LogP contribution is 2.10. The highest BCUT2D eigenvalue weighted by Gasteiger charge is 2.02. The van der Waals surface area contributed by atoms with Crippen molar-refractivity contribution in [2.45, 2.75) is 19.9 Å². The molecular formula is C16H24N6. The number of rotatable bonds is 8. The van der Waals surface area contributed by atoms with Crippen LogP contribution >= 0.6 is 0 Å². The van der Waals surface area contributed by atoms with Crippen LogP contribution in [0.15, 0.2) is 30.5 Å². The molecule has 0 atom stereocenters. The van der Waals surface area contributed by atoms with Crippen molar-refractivity contribution >= 4 is 11.8 Å². The lowest BCUT2D eigenvalue weighted by Crippen LogP contribution is -2.17. The number of nitrogens with one attached hydrogen (secondary N) is 2. The van der Waals surface area contributed by atoms with Crippen LogP contribution in [0.3, 0.4) is 0 Å². The Bertz CT molecular complexity index is 570. The quantitative estimate of drug-likeness (QED) is 0.728. The average molecular weight is 300 g/mol. The summed E-state index contributed by atoms with van der Waals surface area (Å²) in [6, 6.07) is 7.81. The predicted molar refractivity (Wildman–Crippen MR) is 90.0 cm³/mol. The third-order valence-corrected chi connectivity index (χ3v) is 3.10. The van der Waals surface area contributed by atoms with Gasteiger partial charge in [-0.15, -0.1) is 0 Å². The minimum Gasteiger partial charge on any atom is -0.370 e. The molecule has 22 heavy (non-hydrogen) atoms. The fourth-order valence-corrected chi connectivity index (χ4v) is 2.02. The van der Waals surface area contributed by atoms with Gasteiger partial charge >= 0.3 is 0 Å². The summed E-state index contributed by atoms with van der Waals surface area (Å²) in [5.74, 6) is 1.48. The first kappa shape index (κ1) is 16.2. The zero-order chi connectivity index (χ0) is 15.8. The van der Waals surface area contributed by atoms with Crippen molar-refractivity contribution in [3.8, 4) is 0 Å². The summed E-state index contributed by atoms with van der Waals surface area (Å²) < 4.78 is 0. The number of nitrogens with zero attached hydrogens (tertiary/aromatic N) is 4. The van der Waals surface area contributed by atoms with Gasteiger partial charge < -0.3 is 15.5 Å². The molecule has 6 heteroatoms. The van der Waals surface area contributed by atoms with Crippen molar-refractivity contribution in [2.75, 3.05) is 37.8 Å². The van der Waals surface area contributed by atoms with E-state index in [-0.39, 0.29) is 0 Å². The van der Waals surface area contributed by atoms with E-state index in [9.17, 15) is 0 Å². The second-order valence-electron chi connectivity index (χ2n) is 5.48. The summed E-state index contributed by atoms with van der Waals surface area (Å²) >= 11 is 0. The maximum Gasteiger partial charge on any atom is 0.225 e.